The van der Waals surface area contributed by atoms with Crippen molar-refractivity contribution in [3.63, 3.8) is 0 Å². The Morgan fingerprint density at radius 1 is 1.21 bits per heavy atom. The van der Waals surface area contributed by atoms with E-state index in [-0.39, 0.29) is 7.43 Å². The molecule has 0 saturated carbocycles. The van der Waals surface area contributed by atoms with Gasteiger partial charge in [0.25, 0.3) is 0 Å². The molecule has 1 N–H and O–H groups in total. The fraction of sp³-hybridized carbons (Fsp3) is 0.471. The lowest BCUT2D eigenvalue weighted by molar-refractivity contribution is 0.495. The lowest BCUT2D eigenvalue weighted by Gasteiger charge is -2.13. The Hall–Kier alpha value is -1.41. The third-order valence-electron chi connectivity index (χ3n) is 3.35. The molecule has 0 aliphatic heterocycles. The van der Waals surface area contributed by atoms with Crippen molar-refractivity contribution >= 4 is 10.8 Å². The Morgan fingerprint density at radius 2 is 2.05 bits per heavy atom. The zero-order valence-corrected chi connectivity index (χ0v) is 11.3. The van der Waals surface area contributed by atoms with E-state index in [9.17, 15) is 0 Å². The Morgan fingerprint density at radius 3 is 2.84 bits per heavy atom. The number of nitrogens with zero attached hydrogens (tertiary/aromatic N) is 1. The molecule has 1 aromatic heterocycles. The van der Waals surface area contributed by atoms with Crippen molar-refractivity contribution in [3.8, 4) is 0 Å². The van der Waals surface area contributed by atoms with Gasteiger partial charge in [0.2, 0.25) is 0 Å². The number of pyridine rings is 1. The molecule has 0 aliphatic rings. The molecule has 19 heavy (non-hydrogen) atoms. The highest BCUT2D eigenvalue weighted by atomic mass is 14.9. The van der Waals surface area contributed by atoms with Gasteiger partial charge in [-0.3, -0.25) is 4.98 Å². The van der Waals surface area contributed by atoms with Crippen LogP contribution in [0.1, 0.15) is 46.1 Å². The second-order valence-corrected chi connectivity index (χ2v) is 4.98. The van der Waals surface area contributed by atoms with Crippen LogP contribution < -0.4 is 5.32 Å². The molecule has 1 aromatic carbocycles. The van der Waals surface area contributed by atoms with Crippen molar-refractivity contribution in [1.82, 2.24) is 10.3 Å². The third kappa shape index (κ3) is 4.64. The monoisotopic (exact) mass is 258 g/mol. The van der Waals surface area contributed by atoms with Gasteiger partial charge in [0, 0.05) is 30.4 Å². The average Bonchev–Trinajstić information content (AvgIpc) is 2.42. The number of benzene rings is 1. The maximum atomic E-state index is 4.13. The van der Waals surface area contributed by atoms with E-state index in [2.05, 4.69) is 48.4 Å². The zero-order valence-electron chi connectivity index (χ0n) is 11.3. The van der Waals surface area contributed by atoms with Crippen molar-refractivity contribution in [3.05, 3.63) is 42.2 Å². The number of hydrogen-bond acceptors (Lipinski definition) is 2. The second-order valence-electron chi connectivity index (χ2n) is 4.98. The summed E-state index contributed by atoms with van der Waals surface area (Å²) in [6.07, 6.45) is 7.60. The predicted molar refractivity (Wildman–Crippen MR) is 84.3 cm³/mol. The maximum absolute atomic E-state index is 4.13. The Balaban J connectivity index is 0.00000180. The highest BCUT2D eigenvalue weighted by Crippen LogP contribution is 2.14. The predicted octanol–water partition coefficient (Wildman–Crippen LogP) is 4.54. The first kappa shape index (κ1) is 15.6. The highest BCUT2D eigenvalue weighted by Gasteiger charge is 2.01. The van der Waals surface area contributed by atoms with Gasteiger partial charge in [0.05, 0.1) is 0 Å². The summed E-state index contributed by atoms with van der Waals surface area (Å²) in [6.45, 7) is 5.45. The molecular formula is C17H26N2. The molecule has 0 amide bonds. The summed E-state index contributed by atoms with van der Waals surface area (Å²) in [5, 5.41) is 6.06. The molecule has 1 heterocycles. The van der Waals surface area contributed by atoms with Crippen LogP contribution in [0.4, 0.5) is 0 Å². The van der Waals surface area contributed by atoms with Gasteiger partial charge >= 0.3 is 0 Å². The molecule has 2 aromatic rings. The fourth-order valence-corrected chi connectivity index (χ4v) is 2.15. The van der Waals surface area contributed by atoms with E-state index >= 15 is 0 Å². The first-order valence-electron chi connectivity index (χ1n) is 6.85. The Kier molecular flexibility index (Phi) is 6.51. The standard InChI is InChI=1S/C16H22N2.CH4/c1-3-4-5-13(2)18-11-14-6-7-16-12-17-9-8-15(16)10-14;/h6-10,12-13,18H,3-5,11H2,1-2H3;1H4/t13-;/m1./s1. The quantitative estimate of drug-likeness (QED) is 0.823. The van der Waals surface area contributed by atoms with Crippen molar-refractivity contribution in [2.45, 2.75) is 53.1 Å². The summed E-state index contributed by atoms with van der Waals surface area (Å²) >= 11 is 0. The molecule has 0 unspecified atom stereocenters. The molecule has 0 bridgehead atoms. The van der Waals surface area contributed by atoms with Crippen LogP contribution in [-0.2, 0) is 6.54 Å². The minimum absolute atomic E-state index is 0. The second kappa shape index (κ2) is 7.90. The molecule has 2 nitrogen and oxygen atoms in total. The van der Waals surface area contributed by atoms with Crippen molar-refractivity contribution < 1.29 is 0 Å². The summed E-state index contributed by atoms with van der Waals surface area (Å²) in [7, 11) is 0. The number of unbranched alkanes of at least 4 members (excludes halogenated alkanes) is 1. The largest absolute Gasteiger partial charge is 0.310 e. The van der Waals surface area contributed by atoms with E-state index in [1.54, 1.807) is 0 Å². The van der Waals surface area contributed by atoms with Crippen LogP contribution in [0.25, 0.3) is 10.8 Å². The lowest BCUT2D eigenvalue weighted by Crippen LogP contribution is -2.25. The van der Waals surface area contributed by atoms with E-state index in [1.807, 2.05) is 12.4 Å². The van der Waals surface area contributed by atoms with Gasteiger partial charge in [-0.05, 0) is 36.4 Å². The molecule has 2 heteroatoms. The first-order valence-corrected chi connectivity index (χ1v) is 6.85. The molecule has 0 spiro atoms. The molecule has 0 fully saturated rings. The topological polar surface area (TPSA) is 24.9 Å². The van der Waals surface area contributed by atoms with Gasteiger partial charge in [-0.2, -0.15) is 0 Å². The van der Waals surface area contributed by atoms with E-state index in [0.717, 1.165) is 6.54 Å². The van der Waals surface area contributed by atoms with Gasteiger partial charge in [0.1, 0.15) is 0 Å². The first-order chi connectivity index (χ1) is 8.79. The molecule has 0 saturated heterocycles. The van der Waals surface area contributed by atoms with Crippen LogP contribution >= 0.6 is 0 Å². The molecule has 2 rings (SSSR count). The van der Waals surface area contributed by atoms with Crippen LogP contribution in [-0.4, -0.2) is 11.0 Å². The minimum atomic E-state index is 0. The number of rotatable bonds is 6. The van der Waals surface area contributed by atoms with E-state index in [4.69, 9.17) is 0 Å². The number of hydrogen-bond donors (Lipinski definition) is 1. The highest BCUT2D eigenvalue weighted by molar-refractivity contribution is 5.81. The summed E-state index contributed by atoms with van der Waals surface area (Å²) in [5.41, 5.74) is 1.34. The number of nitrogens with one attached hydrogen (secondary N) is 1. The van der Waals surface area contributed by atoms with Crippen LogP contribution in [0.2, 0.25) is 0 Å². The third-order valence-corrected chi connectivity index (χ3v) is 3.35. The SMILES string of the molecule is C.CCCC[C@@H](C)NCc1ccc2cnccc2c1. The number of aromatic nitrogens is 1. The molecule has 0 radical (unpaired) electrons. The zero-order chi connectivity index (χ0) is 12.8. The summed E-state index contributed by atoms with van der Waals surface area (Å²) in [5.74, 6) is 0. The van der Waals surface area contributed by atoms with Crippen LogP contribution in [0.5, 0.6) is 0 Å². The van der Waals surface area contributed by atoms with Crippen LogP contribution in [0.15, 0.2) is 36.7 Å². The van der Waals surface area contributed by atoms with E-state index in [1.165, 1.54) is 35.6 Å². The normalized spacial score (nSPS) is 12.1. The van der Waals surface area contributed by atoms with Gasteiger partial charge in [-0.1, -0.05) is 39.3 Å². The molecular weight excluding hydrogens is 232 g/mol. The van der Waals surface area contributed by atoms with E-state index < -0.39 is 0 Å². The van der Waals surface area contributed by atoms with Crippen LogP contribution in [0, 0.1) is 0 Å². The lowest BCUT2D eigenvalue weighted by atomic mass is 10.1. The maximum Gasteiger partial charge on any atom is 0.0346 e. The van der Waals surface area contributed by atoms with Gasteiger partial charge in [-0.25, -0.2) is 0 Å². The molecule has 104 valence electrons. The molecule has 1 atom stereocenters. The smallest absolute Gasteiger partial charge is 0.0346 e. The summed E-state index contributed by atoms with van der Waals surface area (Å²) in [4.78, 5) is 4.13. The Bertz CT molecular complexity index is 493. The fourth-order valence-electron chi connectivity index (χ4n) is 2.15. The molecule has 0 aliphatic carbocycles. The van der Waals surface area contributed by atoms with Gasteiger partial charge in [0.15, 0.2) is 0 Å². The van der Waals surface area contributed by atoms with Crippen molar-refractivity contribution in [1.29, 1.82) is 0 Å². The van der Waals surface area contributed by atoms with E-state index in [0.29, 0.717) is 6.04 Å². The van der Waals surface area contributed by atoms with Crippen molar-refractivity contribution in [2.24, 2.45) is 0 Å². The van der Waals surface area contributed by atoms with Gasteiger partial charge in [-0.15, -0.1) is 0 Å². The van der Waals surface area contributed by atoms with Crippen molar-refractivity contribution in [2.75, 3.05) is 0 Å². The average molecular weight is 258 g/mol. The number of fused-ring (bicyclic) bond motifs is 1. The van der Waals surface area contributed by atoms with Crippen LogP contribution in [0.3, 0.4) is 0 Å². The van der Waals surface area contributed by atoms with Gasteiger partial charge < -0.3 is 5.32 Å². The summed E-state index contributed by atoms with van der Waals surface area (Å²) in [6, 6.07) is 9.24. The minimum Gasteiger partial charge on any atom is -0.310 e. The Labute approximate surface area is 117 Å². The summed E-state index contributed by atoms with van der Waals surface area (Å²) < 4.78 is 0.